The van der Waals surface area contributed by atoms with Crippen molar-refractivity contribution in [3.05, 3.63) is 35.4 Å². The first kappa shape index (κ1) is 15.4. The Balaban J connectivity index is 2.96. The molecule has 8 heteroatoms. The van der Waals surface area contributed by atoms with E-state index in [-0.39, 0.29) is 5.56 Å². The van der Waals surface area contributed by atoms with Crippen LogP contribution in [-0.2, 0) is 9.53 Å². The summed E-state index contributed by atoms with van der Waals surface area (Å²) in [5, 5.41) is 1.88. The number of alkyl halides is 3. The number of rotatable bonds is 4. The first-order valence-corrected chi connectivity index (χ1v) is 5.07. The molecule has 0 aliphatic rings. The van der Waals surface area contributed by atoms with Crippen LogP contribution in [-0.4, -0.2) is 25.8 Å². The Morgan fingerprint density at radius 1 is 1.32 bits per heavy atom. The smallest absolute Gasteiger partial charge is 0.401 e. The van der Waals surface area contributed by atoms with E-state index >= 15 is 0 Å². The third-order valence-corrected chi connectivity index (χ3v) is 2.22. The molecule has 1 aromatic carbocycles. The summed E-state index contributed by atoms with van der Waals surface area (Å²) in [6.45, 7) is -1.47. The standard InChI is InChI=1S/C11H10F5NO2/c1-19-10(18)9(17-5-11(14,15)16)6-2-3-7(12)8(13)4-6/h2-4,9,17H,5H2,1H3. The zero-order chi connectivity index (χ0) is 14.6. The second-order valence-electron chi connectivity index (χ2n) is 3.63. The molecule has 0 heterocycles. The molecule has 1 aromatic rings. The number of nitrogens with one attached hydrogen (secondary N) is 1. The minimum Gasteiger partial charge on any atom is -0.468 e. The second-order valence-corrected chi connectivity index (χ2v) is 3.63. The fourth-order valence-electron chi connectivity index (χ4n) is 1.36. The third-order valence-electron chi connectivity index (χ3n) is 2.22. The zero-order valence-electron chi connectivity index (χ0n) is 9.72. The van der Waals surface area contributed by atoms with Crippen LogP contribution in [0.5, 0.6) is 0 Å². The van der Waals surface area contributed by atoms with Crippen LogP contribution in [0.2, 0.25) is 0 Å². The van der Waals surface area contributed by atoms with E-state index in [4.69, 9.17) is 0 Å². The van der Waals surface area contributed by atoms with Crippen molar-refractivity contribution in [2.24, 2.45) is 0 Å². The summed E-state index contributed by atoms with van der Waals surface area (Å²) in [4.78, 5) is 11.4. The molecule has 1 atom stereocenters. The largest absolute Gasteiger partial charge is 0.468 e. The van der Waals surface area contributed by atoms with Crippen molar-refractivity contribution in [1.82, 2.24) is 5.32 Å². The predicted molar refractivity (Wildman–Crippen MR) is 55.2 cm³/mol. The first-order valence-electron chi connectivity index (χ1n) is 5.07. The van der Waals surface area contributed by atoms with Gasteiger partial charge in [-0.1, -0.05) is 6.07 Å². The number of benzene rings is 1. The number of esters is 1. The summed E-state index contributed by atoms with van der Waals surface area (Å²) in [5.41, 5.74) is -0.157. The third kappa shape index (κ3) is 4.47. The molecule has 1 unspecified atom stereocenters. The Bertz CT molecular complexity index is 461. The van der Waals surface area contributed by atoms with Gasteiger partial charge in [-0.05, 0) is 17.7 Å². The van der Waals surface area contributed by atoms with Gasteiger partial charge in [0.25, 0.3) is 0 Å². The molecule has 0 fully saturated rings. The quantitative estimate of drug-likeness (QED) is 0.681. The fourth-order valence-corrected chi connectivity index (χ4v) is 1.36. The predicted octanol–water partition coefficient (Wildman–Crippen LogP) is 2.33. The van der Waals surface area contributed by atoms with Crippen LogP contribution in [0, 0.1) is 11.6 Å². The summed E-state index contributed by atoms with van der Waals surface area (Å²) in [7, 11) is 0.977. The van der Waals surface area contributed by atoms with E-state index in [0.717, 1.165) is 19.2 Å². The number of hydrogen-bond acceptors (Lipinski definition) is 3. The molecular weight excluding hydrogens is 273 g/mol. The van der Waals surface area contributed by atoms with E-state index in [1.165, 1.54) is 0 Å². The van der Waals surface area contributed by atoms with Gasteiger partial charge < -0.3 is 4.74 Å². The molecule has 3 nitrogen and oxygen atoms in total. The molecule has 1 rings (SSSR count). The van der Waals surface area contributed by atoms with Crippen LogP contribution in [0.15, 0.2) is 18.2 Å². The van der Waals surface area contributed by atoms with Gasteiger partial charge in [0.05, 0.1) is 13.7 Å². The SMILES string of the molecule is COC(=O)C(NCC(F)(F)F)c1ccc(F)c(F)c1. The Hall–Kier alpha value is -1.70. The molecule has 0 saturated heterocycles. The number of hydrogen-bond donors (Lipinski definition) is 1. The number of ether oxygens (including phenoxy) is 1. The molecular formula is C11H10F5NO2. The van der Waals surface area contributed by atoms with Crippen molar-refractivity contribution in [1.29, 1.82) is 0 Å². The molecule has 19 heavy (non-hydrogen) atoms. The Kier molecular flexibility index (Phi) is 4.82. The summed E-state index contributed by atoms with van der Waals surface area (Å²) in [6, 6.07) is 0.834. The van der Waals surface area contributed by atoms with Crippen molar-refractivity contribution >= 4 is 5.97 Å². The van der Waals surface area contributed by atoms with Crippen molar-refractivity contribution < 1.29 is 31.5 Å². The molecule has 0 bridgehead atoms. The number of halogens is 5. The monoisotopic (exact) mass is 283 g/mol. The van der Waals surface area contributed by atoms with Gasteiger partial charge in [0, 0.05) is 0 Å². The lowest BCUT2D eigenvalue weighted by atomic mass is 10.1. The zero-order valence-corrected chi connectivity index (χ0v) is 9.72. The molecule has 0 aromatic heterocycles. The Morgan fingerprint density at radius 3 is 2.42 bits per heavy atom. The molecule has 106 valence electrons. The van der Waals surface area contributed by atoms with Crippen molar-refractivity contribution in [3.8, 4) is 0 Å². The topological polar surface area (TPSA) is 38.3 Å². The molecule has 0 aliphatic heterocycles. The van der Waals surface area contributed by atoms with Crippen LogP contribution in [0.25, 0.3) is 0 Å². The van der Waals surface area contributed by atoms with Crippen molar-refractivity contribution in [3.63, 3.8) is 0 Å². The molecule has 1 N–H and O–H groups in total. The van der Waals surface area contributed by atoms with E-state index in [1.54, 1.807) is 0 Å². The average Bonchev–Trinajstić information content (AvgIpc) is 2.32. The van der Waals surface area contributed by atoms with Gasteiger partial charge in [0.2, 0.25) is 0 Å². The van der Waals surface area contributed by atoms with Gasteiger partial charge in [0.1, 0.15) is 6.04 Å². The maximum Gasteiger partial charge on any atom is 0.401 e. The van der Waals surface area contributed by atoms with Gasteiger partial charge in [-0.15, -0.1) is 0 Å². The van der Waals surface area contributed by atoms with E-state index in [9.17, 15) is 26.7 Å². The van der Waals surface area contributed by atoms with Crippen LogP contribution in [0.1, 0.15) is 11.6 Å². The number of carbonyl (C=O) groups is 1. The highest BCUT2D eigenvalue weighted by Gasteiger charge is 2.31. The highest BCUT2D eigenvalue weighted by Crippen LogP contribution is 2.20. The van der Waals surface area contributed by atoms with Crippen LogP contribution < -0.4 is 5.32 Å². The molecule has 0 aliphatic carbocycles. The lowest BCUT2D eigenvalue weighted by molar-refractivity contribution is -0.146. The summed E-state index contributed by atoms with van der Waals surface area (Å²) in [6.07, 6.45) is -4.55. The molecule has 0 amide bonds. The Morgan fingerprint density at radius 2 is 1.95 bits per heavy atom. The first-order chi connectivity index (χ1) is 8.74. The van der Waals surface area contributed by atoms with Crippen molar-refractivity contribution in [2.75, 3.05) is 13.7 Å². The number of carbonyl (C=O) groups excluding carboxylic acids is 1. The lowest BCUT2D eigenvalue weighted by Crippen LogP contribution is -2.36. The summed E-state index contributed by atoms with van der Waals surface area (Å²) < 4.78 is 66.3. The van der Waals surface area contributed by atoms with Crippen molar-refractivity contribution in [2.45, 2.75) is 12.2 Å². The highest BCUT2D eigenvalue weighted by atomic mass is 19.4. The maximum atomic E-state index is 13.0. The second kappa shape index (κ2) is 5.96. The van der Waals surface area contributed by atoms with Crippen LogP contribution in [0.4, 0.5) is 22.0 Å². The summed E-state index contributed by atoms with van der Waals surface area (Å²) in [5.74, 6) is -3.46. The average molecular weight is 283 g/mol. The van der Waals surface area contributed by atoms with E-state index in [2.05, 4.69) is 4.74 Å². The normalized spacial score (nSPS) is 13.2. The van der Waals surface area contributed by atoms with Gasteiger partial charge in [-0.25, -0.2) is 13.6 Å². The van der Waals surface area contributed by atoms with Gasteiger partial charge in [0.15, 0.2) is 11.6 Å². The highest BCUT2D eigenvalue weighted by molar-refractivity contribution is 5.77. The Labute approximate surface area is 105 Å². The minimum absolute atomic E-state index is 0.157. The van der Waals surface area contributed by atoms with Gasteiger partial charge >= 0.3 is 12.1 Å². The molecule has 0 radical (unpaired) electrons. The van der Waals surface area contributed by atoms with Gasteiger partial charge in [-0.2, -0.15) is 13.2 Å². The minimum atomic E-state index is -4.55. The van der Waals surface area contributed by atoms with E-state index in [0.29, 0.717) is 6.07 Å². The fraction of sp³-hybridized carbons (Fsp3) is 0.364. The van der Waals surface area contributed by atoms with Gasteiger partial charge in [-0.3, -0.25) is 5.32 Å². The lowest BCUT2D eigenvalue weighted by Gasteiger charge is -2.18. The molecule has 0 saturated carbocycles. The van der Waals surface area contributed by atoms with Crippen LogP contribution in [0.3, 0.4) is 0 Å². The van der Waals surface area contributed by atoms with E-state index in [1.807, 2.05) is 5.32 Å². The maximum absolute atomic E-state index is 13.0. The number of methoxy groups -OCH3 is 1. The van der Waals surface area contributed by atoms with E-state index < -0.39 is 36.4 Å². The summed E-state index contributed by atoms with van der Waals surface area (Å²) >= 11 is 0. The molecule has 0 spiro atoms. The van der Waals surface area contributed by atoms with Crippen LogP contribution >= 0.6 is 0 Å².